The maximum atomic E-state index is 14.1. The van der Waals surface area contributed by atoms with E-state index in [4.69, 9.17) is 0 Å². The maximum absolute atomic E-state index is 14.1. The second-order valence-corrected chi connectivity index (χ2v) is 12.3. The van der Waals surface area contributed by atoms with Gasteiger partial charge in [0, 0.05) is 12.6 Å². The summed E-state index contributed by atoms with van der Waals surface area (Å²) in [4.78, 5) is 29.0. The van der Waals surface area contributed by atoms with Gasteiger partial charge >= 0.3 is 0 Å². The van der Waals surface area contributed by atoms with E-state index in [0.717, 1.165) is 53.1 Å². The lowest BCUT2D eigenvalue weighted by atomic mass is 10.1. The molecule has 1 saturated carbocycles. The second-order valence-electron chi connectivity index (χ2n) is 10.5. The number of carbonyl (C=O) groups excluding carboxylic acids is 2. The standard InChI is InChI=1S/C32H39N3O4S/c1-4-26-18-20-29(21-19-26)35(40(38,39)30-16-6-5-7-17-30)23-31(36)34(22-27-13-9-8-12-24(27)2)25(3)32(37)33-28-14-10-11-15-28/h5-9,12-13,16-21,25,28H,4,10-11,14-15,22-23H2,1-3H3,(H,33,37)/t25-/m0/s1. The van der Waals surface area contributed by atoms with Gasteiger partial charge in [0.2, 0.25) is 11.8 Å². The molecule has 40 heavy (non-hydrogen) atoms. The normalized spacial score (nSPS) is 14.5. The van der Waals surface area contributed by atoms with Crippen molar-refractivity contribution in [3.8, 4) is 0 Å². The third-order valence-corrected chi connectivity index (χ3v) is 9.50. The minimum absolute atomic E-state index is 0.0971. The van der Waals surface area contributed by atoms with Crippen LogP contribution in [0, 0.1) is 6.92 Å². The summed E-state index contributed by atoms with van der Waals surface area (Å²) in [5.74, 6) is -0.671. The number of rotatable bonds is 11. The Bertz CT molecular complexity index is 1400. The molecule has 0 heterocycles. The number of benzene rings is 3. The van der Waals surface area contributed by atoms with Crippen molar-refractivity contribution >= 4 is 27.5 Å². The van der Waals surface area contributed by atoms with Gasteiger partial charge in [-0.05, 0) is 74.1 Å². The molecule has 212 valence electrons. The van der Waals surface area contributed by atoms with Crippen molar-refractivity contribution in [2.24, 2.45) is 0 Å². The van der Waals surface area contributed by atoms with E-state index < -0.39 is 28.5 Å². The van der Waals surface area contributed by atoms with Gasteiger partial charge < -0.3 is 10.2 Å². The number of hydrogen-bond donors (Lipinski definition) is 1. The lowest BCUT2D eigenvalue weighted by Gasteiger charge is -2.33. The first kappa shape index (κ1) is 29.3. The van der Waals surface area contributed by atoms with Gasteiger partial charge in [-0.1, -0.05) is 74.4 Å². The van der Waals surface area contributed by atoms with E-state index in [2.05, 4.69) is 5.32 Å². The number of nitrogens with one attached hydrogen (secondary N) is 1. The fourth-order valence-corrected chi connectivity index (χ4v) is 6.53. The van der Waals surface area contributed by atoms with Crippen LogP contribution in [0.2, 0.25) is 0 Å². The largest absolute Gasteiger partial charge is 0.352 e. The molecular formula is C32H39N3O4S. The summed E-state index contributed by atoms with van der Waals surface area (Å²) in [6.07, 6.45) is 4.83. The first-order valence-electron chi connectivity index (χ1n) is 14.0. The highest BCUT2D eigenvalue weighted by Gasteiger charge is 2.33. The Morgan fingerprint density at radius 2 is 1.55 bits per heavy atom. The molecule has 3 aromatic carbocycles. The number of carbonyl (C=O) groups is 2. The topological polar surface area (TPSA) is 86.8 Å². The minimum Gasteiger partial charge on any atom is -0.352 e. The van der Waals surface area contributed by atoms with E-state index >= 15 is 0 Å². The van der Waals surface area contributed by atoms with Crippen LogP contribution in [-0.4, -0.2) is 43.8 Å². The van der Waals surface area contributed by atoms with Gasteiger partial charge in [0.15, 0.2) is 0 Å². The molecule has 0 spiro atoms. The zero-order valence-corrected chi connectivity index (χ0v) is 24.4. The molecule has 0 aromatic heterocycles. The van der Waals surface area contributed by atoms with Crippen molar-refractivity contribution in [1.29, 1.82) is 0 Å². The zero-order valence-electron chi connectivity index (χ0n) is 23.5. The Morgan fingerprint density at radius 3 is 2.17 bits per heavy atom. The number of hydrogen-bond acceptors (Lipinski definition) is 4. The summed E-state index contributed by atoms with van der Waals surface area (Å²) in [6.45, 7) is 5.46. The van der Waals surface area contributed by atoms with E-state index in [-0.39, 0.29) is 23.4 Å². The summed E-state index contributed by atoms with van der Waals surface area (Å²) in [6, 6.07) is 22.4. The molecule has 1 aliphatic carbocycles. The number of anilines is 1. The molecule has 3 aromatic rings. The van der Waals surface area contributed by atoms with Crippen molar-refractivity contribution in [3.63, 3.8) is 0 Å². The van der Waals surface area contributed by atoms with Gasteiger partial charge in [0.1, 0.15) is 12.6 Å². The van der Waals surface area contributed by atoms with Crippen molar-refractivity contribution in [3.05, 3.63) is 95.6 Å². The lowest BCUT2D eigenvalue weighted by Crippen LogP contribution is -2.52. The van der Waals surface area contributed by atoms with Crippen LogP contribution in [0.1, 0.15) is 56.2 Å². The van der Waals surface area contributed by atoms with Crippen LogP contribution in [0.3, 0.4) is 0 Å². The van der Waals surface area contributed by atoms with Crippen LogP contribution in [0.4, 0.5) is 5.69 Å². The predicted octanol–water partition coefficient (Wildman–Crippen LogP) is 5.23. The third-order valence-electron chi connectivity index (χ3n) is 7.71. The molecule has 0 unspecified atom stereocenters. The highest BCUT2D eigenvalue weighted by molar-refractivity contribution is 7.92. The molecule has 0 bridgehead atoms. The minimum atomic E-state index is -4.06. The fourth-order valence-electron chi connectivity index (χ4n) is 5.09. The zero-order chi connectivity index (χ0) is 28.7. The summed E-state index contributed by atoms with van der Waals surface area (Å²) in [7, 11) is -4.06. The molecule has 0 aliphatic heterocycles. The highest BCUT2D eigenvalue weighted by Crippen LogP contribution is 2.26. The average Bonchev–Trinajstić information content (AvgIpc) is 3.48. The number of aryl methyl sites for hydroxylation is 2. The van der Waals surface area contributed by atoms with Gasteiger partial charge in [0.05, 0.1) is 10.6 Å². The van der Waals surface area contributed by atoms with Crippen LogP contribution in [0.5, 0.6) is 0 Å². The van der Waals surface area contributed by atoms with Crippen LogP contribution in [0.15, 0.2) is 83.8 Å². The molecule has 2 amide bonds. The summed E-state index contributed by atoms with van der Waals surface area (Å²) in [5, 5.41) is 3.10. The van der Waals surface area contributed by atoms with Crippen LogP contribution in [0.25, 0.3) is 0 Å². The van der Waals surface area contributed by atoms with Gasteiger partial charge in [0.25, 0.3) is 10.0 Å². The molecule has 8 heteroatoms. The Labute approximate surface area is 238 Å². The number of amides is 2. The molecule has 1 atom stereocenters. The van der Waals surface area contributed by atoms with E-state index in [1.807, 2.05) is 50.2 Å². The van der Waals surface area contributed by atoms with E-state index in [1.165, 1.54) is 17.0 Å². The van der Waals surface area contributed by atoms with Crippen molar-refractivity contribution < 1.29 is 18.0 Å². The summed E-state index contributed by atoms with van der Waals surface area (Å²) >= 11 is 0. The smallest absolute Gasteiger partial charge is 0.264 e. The molecular weight excluding hydrogens is 522 g/mol. The molecule has 0 radical (unpaired) electrons. The van der Waals surface area contributed by atoms with Gasteiger partial charge in [-0.25, -0.2) is 8.42 Å². The van der Waals surface area contributed by atoms with E-state index in [0.29, 0.717) is 5.69 Å². The van der Waals surface area contributed by atoms with Crippen LogP contribution in [-0.2, 0) is 32.6 Å². The van der Waals surface area contributed by atoms with Crippen LogP contribution < -0.4 is 9.62 Å². The molecule has 4 rings (SSSR count). The molecule has 1 fully saturated rings. The van der Waals surface area contributed by atoms with Crippen LogP contribution >= 0.6 is 0 Å². The van der Waals surface area contributed by atoms with Gasteiger partial charge in [-0.3, -0.25) is 13.9 Å². The summed E-state index contributed by atoms with van der Waals surface area (Å²) in [5.41, 5.74) is 3.35. The van der Waals surface area contributed by atoms with E-state index in [1.54, 1.807) is 37.3 Å². The predicted molar refractivity (Wildman–Crippen MR) is 158 cm³/mol. The maximum Gasteiger partial charge on any atom is 0.264 e. The first-order chi connectivity index (χ1) is 19.2. The Hall–Kier alpha value is -3.65. The quantitative estimate of drug-likeness (QED) is 0.347. The Balaban J connectivity index is 1.68. The molecule has 7 nitrogen and oxygen atoms in total. The SMILES string of the molecule is CCc1ccc(N(CC(=O)N(Cc2ccccc2C)[C@@H](C)C(=O)NC2CCCC2)S(=O)(=O)c2ccccc2)cc1. The lowest BCUT2D eigenvalue weighted by molar-refractivity contribution is -0.139. The summed E-state index contributed by atoms with van der Waals surface area (Å²) < 4.78 is 28.9. The number of sulfonamides is 1. The third kappa shape index (κ3) is 6.91. The Morgan fingerprint density at radius 1 is 0.925 bits per heavy atom. The van der Waals surface area contributed by atoms with Crippen molar-refractivity contribution in [2.45, 2.75) is 76.4 Å². The molecule has 1 N–H and O–H groups in total. The Kier molecular flexibility index (Phi) is 9.63. The highest BCUT2D eigenvalue weighted by atomic mass is 32.2. The molecule has 0 saturated heterocycles. The van der Waals surface area contributed by atoms with Crippen molar-refractivity contribution in [2.75, 3.05) is 10.8 Å². The van der Waals surface area contributed by atoms with E-state index in [9.17, 15) is 18.0 Å². The van der Waals surface area contributed by atoms with Gasteiger partial charge in [-0.15, -0.1) is 0 Å². The van der Waals surface area contributed by atoms with Gasteiger partial charge in [-0.2, -0.15) is 0 Å². The first-order valence-corrected chi connectivity index (χ1v) is 15.5. The van der Waals surface area contributed by atoms with Crippen molar-refractivity contribution in [1.82, 2.24) is 10.2 Å². The number of nitrogens with zero attached hydrogens (tertiary/aromatic N) is 2. The second kappa shape index (κ2) is 13.1. The average molecular weight is 562 g/mol. The molecule has 1 aliphatic rings. The monoisotopic (exact) mass is 561 g/mol. The fraction of sp³-hybridized carbons (Fsp3) is 0.375.